The second-order valence-corrected chi connectivity index (χ2v) is 6.75. The summed E-state index contributed by atoms with van der Waals surface area (Å²) < 4.78 is 1.96. The van der Waals surface area contributed by atoms with E-state index in [0.29, 0.717) is 0 Å². The van der Waals surface area contributed by atoms with Gasteiger partial charge in [-0.2, -0.15) is 0 Å². The minimum atomic E-state index is -0.179. The lowest BCUT2D eigenvalue weighted by Crippen LogP contribution is -2.49. The van der Waals surface area contributed by atoms with Crippen LogP contribution in [0.5, 0.6) is 0 Å². The molecule has 3 aromatic rings. The van der Waals surface area contributed by atoms with Gasteiger partial charge in [0.1, 0.15) is 6.17 Å². The molecule has 1 aromatic heterocycles. The van der Waals surface area contributed by atoms with Crippen molar-refractivity contribution in [2.24, 2.45) is 4.99 Å². The zero-order valence-corrected chi connectivity index (χ0v) is 15.0. The number of carbonyl (C=O) groups excluding carboxylic acids is 1. The van der Waals surface area contributed by atoms with Crippen molar-refractivity contribution in [3.05, 3.63) is 77.9 Å². The van der Waals surface area contributed by atoms with Crippen LogP contribution in [0.4, 0.5) is 5.69 Å². The van der Waals surface area contributed by atoms with Gasteiger partial charge in [0, 0.05) is 49.4 Å². The van der Waals surface area contributed by atoms with Gasteiger partial charge in [0.05, 0.1) is 17.6 Å². The number of benzene rings is 2. The Morgan fingerprint density at radius 2 is 1.96 bits per heavy atom. The number of rotatable bonds is 2. The molecule has 3 heterocycles. The van der Waals surface area contributed by atoms with Crippen molar-refractivity contribution in [2.75, 3.05) is 18.5 Å². The summed E-state index contributed by atoms with van der Waals surface area (Å²) >= 11 is 0. The van der Waals surface area contributed by atoms with Crippen LogP contribution in [0, 0.1) is 0 Å². The smallest absolute Gasteiger partial charge is 0.255 e. The third-order valence-electron chi connectivity index (χ3n) is 5.33. The van der Waals surface area contributed by atoms with Gasteiger partial charge in [-0.05, 0) is 23.8 Å². The summed E-state index contributed by atoms with van der Waals surface area (Å²) in [5.41, 5.74) is 5.95. The largest absolute Gasteiger partial charge is 0.346 e. The second kappa shape index (κ2) is 6.09. The summed E-state index contributed by atoms with van der Waals surface area (Å²) in [6.45, 7) is 0.824. The molecule has 0 spiro atoms. The van der Waals surface area contributed by atoms with E-state index < -0.39 is 0 Å². The first-order chi connectivity index (χ1) is 13.3. The van der Waals surface area contributed by atoms with Gasteiger partial charge in [0.25, 0.3) is 5.91 Å². The Hall–Kier alpha value is -3.41. The number of imidazole rings is 1. The van der Waals surface area contributed by atoms with Gasteiger partial charge in [-0.1, -0.05) is 24.3 Å². The highest BCUT2D eigenvalue weighted by Crippen LogP contribution is 2.39. The van der Waals surface area contributed by atoms with E-state index in [1.807, 2.05) is 42.1 Å². The van der Waals surface area contributed by atoms with Gasteiger partial charge >= 0.3 is 0 Å². The highest BCUT2D eigenvalue weighted by molar-refractivity contribution is 6.13. The van der Waals surface area contributed by atoms with E-state index in [1.54, 1.807) is 12.5 Å². The van der Waals surface area contributed by atoms with Gasteiger partial charge < -0.3 is 14.8 Å². The predicted molar refractivity (Wildman–Crippen MR) is 105 cm³/mol. The SMILES string of the molecule is CN=C1CCN2c3c(cccc31)C(=O)NC2c1ccc(-n2ccnc2)cc1. The maximum Gasteiger partial charge on any atom is 0.255 e. The van der Waals surface area contributed by atoms with Crippen LogP contribution in [0.3, 0.4) is 0 Å². The van der Waals surface area contributed by atoms with Crippen molar-refractivity contribution >= 4 is 17.3 Å². The number of nitrogens with one attached hydrogen (secondary N) is 1. The minimum Gasteiger partial charge on any atom is -0.346 e. The molecule has 134 valence electrons. The quantitative estimate of drug-likeness (QED) is 0.767. The zero-order chi connectivity index (χ0) is 18.4. The lowest BCUT2D eigenvalue weighted by molar-refractivity contribution is 0.0926. The summed E-state index contributed by atoms with van der Waals surface area (Å²) in [7, 11) is 1.82. The number of carbonyl (C=O) groups is 1. The van der Waals surface area contributed by atoms with Crippen molar-refractivity contribution < 1.29 is 4.79 Å². The molecule has 1 N–H and O–H groups in total. The topological polar surface area (TPSA) is 62.5 Å². The Morgan fingerprint density at radius 3 is 2.70 bits per heavy atom. The Morgan fingerprint density at radius 1 is 1.15 bits per heavy atom. The van der Waals surface area contributed by atoms with Gasteiger partial charge in [0.2, 0.25) is 0 Å². The van der Waals surface area contributed by atoms with Crippen LogP contribution < -0.4 is 10.2 Å². The number of hydrogen-bond acceptors (Lipinski definition) is 4. The number of aromatic nitrogens is 2. The van der Waals surface area contributed by atoms with Crippen molar-refractivity contribution in [3.63, 3.8) is 0 Å². The van der Waals surface area contributed by atoms with E-state index in [4.69, 9.17) is 0 Å². The Kier molecular flexibility index (Phi) is 3.57. The molecule has 0 bridgehead atoms. The molecule has 0 radical (unpaired) electrons. The zero-order valence-electron chi connectivity index (χ0n) is 15.0. The minimum absolute atomic E-state index is 0.0378. The number of aliphatic imine (C=N–C) groups is 1. The molecule has 2 aliphatic heterocycles. The summed E-state index contributed by atoms with van der Waals surface area (Å²) in [6, 6.07) is 14.1. The lowest BCUT2D eigenvalue weighted by atomic mass is 9.92. The van der Waals surface area contributed by atoms with Crippen LogP contribution >= 0.6 is 0 Å². The van der Waals surface area contributed by atoms with Gasteiger partial charge in [-0.25, -0.2) is 4.98 Å². The molecule has 2 aliphatic rings. The molecule has 6 heteroatoms. The number of para-hydroxylation sites is 1. The molecule has 0 fully saturated rings. The van der Waals surface area contributed by atoms with Crippen LogP contribution in [-0.4, -0.2) is 34.8 Å². The summed E-state index contributed by atoms with van der Waals surface area (Å²) in [5, 5.41) is 3.17. The molecule has 0 aliphatic carbocycles. The number of hydrogen-bond donors (Lipinski definition) is 1. The average molecular weight is 357 g/mol. The standard InChI is InChI=1S/C21H19N5O/c1-22-18-9-11-26-19-16(18)3-2-4-17(19)21(27)24-20(26)14-5-7-15(8-6-14)25-12-10-23-13-25/h2-8,10,12-13,20H,9,11H2,1H3,(H,24,27). The van der Waals surface area contributed by atoms with Crippen LogP contribution in [0.25, 0.3) is 5.69 Å². The third kappa shape index (κ3) is 2.44. The fraction of sp³-hybridized carbons (Fsp3) is 0.190. The van der Waals surface area contributed by atoms with Crippen molar-refractivity contribution in [1.29, 1.82) is 0 Å². The second-order valence-electron chi connectivity index (χ2n) is 6.75. The lowest BCUT2D eigenvalue weighted by Gasteiger charge is -2.43. The molecule has 27 heavy (non-hydrogen) atoms. The van der Waals surface area contributed by atoms with E-state index in [-0.39, 0.29) is 12.1 Å². The molecule has 2 aromatic carbocycles. The van der Waals surface area contributed by atoms with E-state index in [0.717, 1.165) is 46.7 Å². The fourth-order valence-corrected chi connectivity index (χ4v) is 4.02. The molecule has 1 amide bonds. The number of nitrogens with zero attached hydrogens (tertiary/aromatic N) is 4. The Balaban J connectivity index is 1.57. The molecule has 6 nitrogen and oxygen atoms in total. The molecule has 0 saturated heterocycles. The van der Waals surface area contributed by atoms with E-state index in [2.05, 4.69) is 38.4 Å². The van der Waals surface area contributed by atoms with Gasteiger partial charge in [-0.3, -0.25) is 9.79 Å². The molecule has 5 rings (SSSR count). The number of amides is 1. The molecular weight excluding hydrogens is 338 g/mol. The molecule has 0 saturated carbocycles. The normalized spacial score (nSPS) is 19.7. The van der Waals surface area contributed by atoms with Crippen LogP contribution in [-0.2, 0) is 0 Å². The molecule has 1 unspecified atom stereocenters. The van der Waals surface area contributed by atoms with E-state index in [1.165, 1.54) is 0 Å². The summed E-state index contributed by atoms with van der Waals surface area (Å²) in [5.74, 6) is -0.0378. The van der Waals surface area contributed by atoms with E-state index >= 15 is 0 Å². The number of anilines is 1. The maximum absolute atomic E-state index is 12.8. The third-order valence-corrected chi connectivity index (χ3v) is 5.33. The van der Waals surface area contributed by atoms with Crippen molar-refractivity contribution in [1.82, 2.24) is 14.9 Å². The monoisotopic (exact) mass is 357 g/mol. The fourth-order valence-electron chi connectivity index (χ4n) is 4.02. The van der Waals surface area contributed by atoms with Crippen LogP contribution in [0.2, 0.25) is 0 Å². The van der Waals surface area contributed by atoms with E-state index in [9.17, 15) is 4.79 Å². The maximum atomic E-state index is 12.8. The first kappa shape index (κ1) is 15.8. The average Bonchev–Trinajstić information content (AvgIpc) is 3.25. The molecule has 1 atom stereocenters. The summed E-state index contributed by atoms with van der Waals surface area (Å²) in [6.07, 6.45) is 6.13. The first-order valence-corrected chi connectivity index (χ1v) is 9.01. The van der Waals surface area contributed by atoms with Crippen molar-refractivity contribution in [3.8, 4) is 5.69 Å². The van der Waals surface area contributed by atoms with Crippen molar-refractivity contribution in [2.45, 2.75) is 12.6 Å². The first-order valence-electron chi connectivity index (χ1n) is 9.01. The summed E-state index contributed by atoms with van der Waals surface area (Å²) in [4.78, 5) is 23.6. The van der Waals surface area contributed by atoms with Gasteiger partial charge in [-0.15, -0.1) is 0 Å². The highest BCUT2D eigenvalue weighted by atomic mass is 16.2. The Bertz CT molecular complexity index is 1040. The van der Waals surface area contributed by atoms with Crippen LogP contribution in [0.1, 0.15) is 34.1 Å². The van der Waals surface area contributed by atoms with Crippen LogP contribution in [0.15, 0.2) is 66.2 Å². The predicted octanol–water partition coefficient (Wildman–Crippen LogP) is 2.94. The van der Waals surface area contributed by atoms with Gasteiger partial charge in [0.15, 0.2) is 0 Å². The Labute approximate surface area is 157 Å². The molecular formula is C21H19N5O. The highest BCUT2D eigenvalue weighted by Gasteiger charge is 2.36.